The molecule has 0 saturated carbocycles. The van der Waals surface area contributed by atoms with Crippen molar-refractivity contribution in [2.24, 2.45) is 5.92 Å². The zero-order valence-corrected chi connectivity index (χ0v) is 16.3. The van der Waals surface area contributed by atoms with E-state index in [1.165, 1.54) is 23.9 Å². The van der Waals surface area contributed by atoms with E-state index in [0.717, 1.165) is 28.2 Å². The van der Waals surface area contributed by atoms with Gasteiger partial charge in [-0.1, -0.05) is 37.7 Å². The molecule has 0 aliphatic carbocycles. The molecule has 0 spiro atoms. The van der Waals surface area contributed by atoms with Gasteiger partial charge in [-0.25, -0.2) is 9.37 Å². The maximum absolute atomic E-state index is 13.4. The maximum Gasteiger partial charge on any atom is 0.240 e. The molecule has 0 saturated heterocycles. The van der Waals surface area contributed by atoms with Gasteiger partial charge >= 0.3 is 0 Å². The van der Waals surface area contributed by atoms with Crippen molar-refractivity contribution in [2.45, 2.75) is 37.7 Å². The predicted molar refractivity (Wildman–Crippen MR) is 106 cm³/mol. The fourth-order valence-electron chi connectivity index (χ4n) is 2.69. The molecule has 2 aromatic heterocycles. The Labute approximate surface area is 162 Å². The van der Waals surface area contributed by atoms with E-state index in [1.54, 1.807) is 18.5 Å². The van der Waals surface area contributed by atoms with Crippen LogP contribution in [0.25, 0.3) is 11.0 Å². The van der Waals surface area contributed by atoms with Gasteiger partial charge in [0, 0.05) is 18.5 Å². The van der Waals surface area contributed by atoms with Crippen LogP contribution in [-0.4, -0.2) is 27.0 Å². The summed E-state index contributed by atoms with van der Waals surface area (Å²) in [6, 6.07) is 8.34. The van der Waals surface area contributed by atoms with Gasteiger partial charge in [0.2, 0.25) is 5.91 Å². The summed E-state index contributed by atoms with van der Waals surface area (Å²) < 4.78 is 15.3. The highest BCUT2D eigenvalue weighted by atomic mass is 32.2. The standard InChI is InChI=1S/C20H23FN4OS/c1-14(2)6-9-23-19(26)12-25-18-11-22-8-7-17(18)24-20(25)27-13-15-4-3-5-16(21)10-15/h3-5,7-8,10-11,14H,6,9,12-13H2,1-2H3,(H,23,26). The SMILES string of the molecule is CC(C)CCNC(=O)Cn1c(SCc2cccc(F)c2)nc2ccncc21. The average Bonchev–Trinajstić information content (AvgIpc) is 2.97. The molecule has 0 fully saturated rings. The summed E-state index contributed by atoms with van der Waals surface area (Å²) >= 11 is 1.48. The molecule has 1 aromatic carbocycles. The van der Waals surface area contributed by atoms with Gasteiger partial charge in [-0.05, 0) is 36.1 Å². The summed E-state index contributed by atoms with van der Waals surface area (Å²) in [5.74, 6) is 0.812. The second-order valence-corrected chi connectivity index (χ2v) is 7.74. The molecule has 1 N–H and O–H groups in total. The van der Waals surface area contributed by atoms with Crippen LogP contribution in [0.1, 0.15) is 25.8 Å². The number of nitrogens with one attached hydrogen (secondary N) is 1. The van der Waals surface area contributed by atoms with Crippen molar-refractivity contribution in [1.29, 1.82) is 0 Å². The Bertz CT molecular complexity index is 925. The average molecular weight is 386 g/mol. The Kier molecular flexibility index (Phi) is 6.45. The Morgan fingerprint density at radius 2 is 2.19 bits per heavy atom. The number of pyridine rings is 1. The molecule has 3 aromatic rings. The maximum atomic E-state index is 13.4. The Hall–Kier alpha value is -2.41. The molecule has 2 heterocycles. The minimum atomic E-state index is -0.254. The molecule has 27 heavy (non-hydrogen) atoms. The topological polar surface area (TPSA) is 59.8 Å². The lowest BCUT2D eigenvalue weighted by Crippen LogP contribution is -2.29. The summed E-state index contributed by atoms with van der Waals surface area (Å²) in [7, 11) is 0. The number of amides is 1. The Morgan fingerprint density at radius 3 is 2.96 bits per heavy atom. The van der Waals surface area contributed by atoms with Gasteiger partial charge in [0.25, 0.3) is 0 Å². The predicted octanol–water partition coefficient (Wildman–Crippen LogP) is 4.03. The molecule has 5 nitrogen and oxygen atoms in total. The first-order valence-corrected chi connectivity index (χ1v) is 9.95. The van der Waals surface area contributed by atoms with Gasteiger partial charge in [-0.3, -0.25) is 9.78 Å². The number of aromatic nitrogens is 3. The number of fused-ring (bicyclic) bond motifs is 1. The molecule has 0 radical (unpaired) electrons. The number of hydrogen-bond acceptors (Lipinski definition) is 4. The molecule has 1 amide bonds. The van der Waals surface area contributed by atoms with Crippen molar-refractivity contribution in [3.63, 3.8) is 0 Å². The van der Waals surface area contributed by atoms with Crippen LogP contribution in [0.4, 0.5) is 4.39 Å². The Morgan fingerprint density at radius 1 is 1.33 bits per heavy atom. The van der Waals surface area contributed by atoms with E-state index in [0.29, 0.717) is 18.2 Å². The zero-order chi connectivity index (χ0) is 19.2. The van der Waals surface area contributed by atoms with E-state index < -0.39 is 0 Å². The number of rotatable bonds is 8. The second-order valence-electron chi connectivity index (χ2n) is 6.80. The molecule has 0 bridgehead atoms. The highest BCUT2D eigenvalue weighted by Gasteiger charge is 2.14. The van der Waals surface area contributed by atoms with Crippen LogP contribution >= 0.6 is 11.8 Å². The van der Waals surface area contributed by atoms with E-state index in [1.807, 2.05) is 16.7 Å². The van der Waals surface area contributed by atoms with Crippen LogP contribution in [0.2, 0.25) is 0 Å². The summed E-state index contributed by atoms with van der Waals surface area (Å²) in [5.41, 5.74) is 2.48. The number of benzene rings is 1. The molecule has 3 rings (SSSR count). The molecule has 0 aliphatic rings. The summed E-state index contributed by atoms with van der Waals surface area (Å²) in [6.07, 6.45) is 4.35. The largest absolute Gasteiger partial charge is 0.355 e. The molecule has 7 heteroatoms. The van der Waals surface area contributed by atoms with E-state index in [9.17, 15) is 9.18 Å². The van der Waals surface area contributed by atoms with Crippen molar-refractivity contribution >= 4 is 28.7 Å². The van der Waals surface area contributed by atoms with Crippen molar-refractivity contribution in [1.82, 2.24) is 19.9 Å². The van der Waals surface area contributed by atoms with Crippen LogP contribution in [0.15, 0.2) is 47.9 Å². The molecule has 0 aliphatic heterocycles. The van der Waals surface area contributed by atoms with Gasteiger partial charge in [0.15, 0.2) is 5.16 Å². The number of halogens is 1. The Balaban J connectivity index is 1.76. The zero-order valence-electron chi connectivity index (χ0n) is 15.5. The minimum Gasteiger partial charge on any atom is -0.355 e. The van der Waals surface area contributed by atoms with Gasteiger partial charge in [-0.2, -0.15) is 0 Å². The van der Waals surface area contributed by atoms with Gasteiger partial charge in [0.05, 0.1) is 17.2 Å². The molecule has 0 unspecified atom stereocenters. The van der Waals surface area contributed by atoms with Gasteiger partial charge in [0.1, 0.15) is 12.4 Å². The lowest BCUT2D eigenvalue weighted by Gasteiger charge is -2.10. The van der Waals surface area contributed by atoms with E-state index in [2.05, 4.69) is 29.1 Å². The fraction of sp³-hybridized carbons (Fsp3) is 0.350. The third-order valence-electron chi connectivity index (χ3n) is 4.12. The number of imidazole rings is 1. The fourth-order valence-corrected chi connectivity index (χ4v) is 3.64. The van der Waals surface area contributed by atoms with Crippen molar-refractivity contribution in [3.8, 4) is 0 Å². The van der Waals surface area contributed by atoms with Crippen molar-refractivity contribution in [3.05, 3.63) is 54.1 Å². The van der Waals surface area contributed by atoms with Gasteiger partial charge < -0.3 is 9.88 Å². The van der Waals surface area contributed by atoms with Crippen LogP contribution in [0.5, 0.6) is 0 Å². The molecule has 0 atom stereocenters. The monoisotopic (exact) mass is 386 g/mol. The van der Waals surface area contributed by atoms with Crippen LogP contribution < -0.4 is 5.32 Å². The number of nitrogens with zero attached hydrogens (tertiary/aromatic N) is 3. The third kappa shape index (κ3) is 5.29. The first-order valence-electron chi connectivity index (χ1n) is 8.97. The first kappa shape index (κ1) is 19.4. The molecular weight excluding hydrogens is 363 g/mol. The second kappa shape index (κ2) is 8.99. The number of thioether (sulfide) groups is 1. The van der Waals surface area contributed by atoms with Crippen LogP contribution in [0.3, 0.4) is 0 Å². The van der Waals surface area contributed by atoms with Crippen molar-refractivity contribution in [2.75, 3.05) is 6.54 Å². The first-order chi connectivity index (χ1) is 13.0. The highest BCUT2D eigenvalue weighted by Crippen LogP contribution is 2.26. The lowest BCUT2D eigenvalue weighted by molar-refractivity contribution is -0.121. The quantitative estimate of drug-likeness (QED) is 0.594. The highest BCUT2D eigenvalue weighted by molar-refractivity contribution is 7.98. The summed E-state index contributed by atoms with van der Waals surface area (Å²) in [4.78, 5) is 21.1. The van der Waals surface area contributed by atoms with E-state index in [4.69, 9.17) is 0 Å². The summed E-state index contributed by atoms with van der Waals surface area (Å²) in [6.45, 7) is 5.10. The smallest absolute Gasteiger partial charge is 0.240 e. The number of carbonyl (C=O) groups excluding carboxylic acids is 1. The normalized spacial score (nSPS) is 11.3. The minimum absolute atomic E-state index is 0.0496. The lowest BCUT2D eigenvalue weighted by atomic mass is 10.1. The number of hydrogen-bond donors (Lipinski definition) is 1. The molecule has 142 valence electrons. The number of carbonyl (C=O) groups is 1. The van der Waals surface area contributed by atoms with Crippen molar-refractivity contribution < 1.29 is 9.18 Å². The van der Waals surface area contributed by atoms with E-state index >= 15 is 0 Å². The van der Waals surface area contributed by atoms with Gasteiger partial charge in [-0.15, -0.1) is 0 Å². The third-order valence-corrected chi connectivity index (χ3v) is 5.17. The van der Waals surface area contributed by atoms with E-state index in [-0.39, 0.29) is 18.3 Å². The van der Waals surface area contributed by atoms with Crippen LogP contribution in [0, 0.1) is 11.7 Å². The molecular formula is C20H23FN4OS. The summed E-state index contributed by atoms with van der Waals surface area (Å²) in [5, 5.41) is 3.68. The van der Waals surface area contributed by atoms with Crippen LogP contribution in [-0.2, 0) is 17.1 Å².